The third kappa shape index (κ3) is 17.5. The summed E-state index contributed by atoms with van der Waals surface area (Å²) in [7, 11) is 0. The van der Waals surface area contributed by atoms with Gasteiger partial charge in [-0.2, -0.15) is 17.6 Å². The summed E-state index contributed by atoms with van der Waals surface area (Å²) in [6.07, 6.45) is 31.1. The molecule has 0 spiro atoms. The van der Waals surface area contributed by atoms with Crippen LogP contribution in [0.2, 0.25) is 0 Å². The molecule has 0 aliphatic heterocycles. The zero-order valence-corrected chi connectivity index (χ0v) is 54.7. The lowest BCUT2D eigenvalue weighted by molar-refractivity contribution is -0.601. The van der Waals surface area contributed by atoms with Crippen LogP contribution in [0, 0.1) is 84.3 Å². The Kier molecular flexibility index (Phi) is 21.9. The average molecular weight is 1420 g/mol. The van der Waals surface area contributed by atoms with E-state index in [0.29, 0.717) is 37.9 Å². The highest BCUT2D eigenvalue weighted by molar-refractivity contribution is 7.99. The second kappa shape index (κ2) is 28.9. The normalized spacial score (nSPS) is 31.8. The highest BCUT2D eigenvalue weighted by Crippen LogP contribution is 2.61. The topological polar surface area (TPSA) is 71.1 Å². The summed E-state index contributed by atoms with van der Waals surface area (Å²) in [6.45, 7) is 6.05. The van der Waals surface area contributed by atoms with Gasteiger partial charge in [0.2, 0.25) is 7.14 Å². The molecule has 6 unspecified atom stereocenters. The van der Waals surface area contributed by atoms with Crippen molar-refractivity contribution in [1.29, 1.82) is 0 Å². The fourth-order valence-corrected chi connectivity index (χ4v) is 22.8. The maximum atomic E-state index is 12.8. The number of carbonyl (C=O) groups is 2. The van der Waals surface area contributed by atoms with Gasteiger partial charge in [0.25, 0.3) is 0 Å². The molecule has 6 atom stereocenters. The first-order chi connectivity index (χ1) is 40.4. The number of thioether (sulfide) groups is 1. The Labute approximate surface area is 527 Å². The van der Waals surface area contributed by atoms with Gasteiger partial charge in [-0.15, -0.1) is 24.4 Å². The van der Waals surface area contributed by atoms with Gasteiger partial charge >= 0.3 is 66.2 Å². The van der Waals surface area contributed by atoms with Crippen molar-refractivity contribution in [3.8, 4) is 0 Å². The van der Waals surface area contributed by atoms with Crippen molar-refractivity contribution in [2.45, 2.75) is 150 Å². The van der Waals surface area contributed by atoms with Gasteiger partial charge in [0.05, 0.1) is 42.0 Å². The van der Waals surface area contributed by atoms with E-state index in [1.54, 1.807) is 6.26 Å². The van der Waals surface area contributed by atoms with Crippen LogP contribution in [0.5, 0.6) is 0 Å². The number of fused-ring (bicyclic) bond motifs is 4. The fraction of sp³-hybridized carbons (Fsp3) is 0.543. The minimum Gasteiger partial charge on any atom is -0.498 e. The van der Waals surface area contributed by atoms with Crippen LogP contribution in [0.25, 0.3) is 0 Å². The molecule has 452 valence electrons. The number of rotatable bonds is 17. The molecule has 12 aliphatic rings. The van der Waals surface area contributed by atoms with Crippen LogP contribution in [0.3, 0.4) is 0 Å². The first-order valence-corrected chi connectivity index (χ1v) is 36.4. The van der Waals surface area contributed by atoms with Gasteiger partial charge in [0, 0.05) is 42.3 Å². The van der Waals surface area contributed by atoms with Crippen molar-refractivity contribution in [3.63, 3.8) is 0 Å². The quantitative estimate of drug-likeness (QED) is 0.0165. The summed E-state index contributed by atoms with van der Waals surface area (Å²) in [5, 5.41) is 0. The molecule has 10 saturated carbocycles. The van der Waals surface area contributed by atoms with Crippen LogP contribution in [0.15, 0.2) is 156 Å². The van der Waals surface area contributed by atoms with Crippen LogP contribution in [0.4, 0.5) is 17.6 Å². The van der Waals surface area contributed by atoms with Gasteiger partial charge < -0.3 is 18.9 Å². The second-order valence-electron chi connectivity index (χ2n) is 26.1. The van der Waals surface area contributed by atoms with E-state index in [2.05, 4.69) is 147 Å². The van der Waals surface area contributed by atoms with Crippen LogP contribution >= 0.6 is 24.4 Å². The largest absolute Gasteiger partial charge is 0.498 e. The number of hydrogen-bond acceptors (Lipinski definition) is 8. The molecule has 12 bridgehead atoms. The molecule has 4 aromatic rings. The number of benzene rings is 4. The summed E-state index contributed by atoms with van der Waals surface area (Å²) >= 11 is 6.24. The van der Waals surface area contributed by atoms with Gasteiger partial charge in [0.1, 0.15) is 6.10 Å². The predicted molar refractivity (Wildman–Crippen MR) is 318 cm³/mol. The first-order valence-electron chi connectivity index (χ1n) is 30.6. The van der Waals surface area contributed by atoms with Gasteiger partial charge in [-0.05, 0) is 199 Å². The van der Waals surface area contributed by atoms with E-state index in [9.17, 15) is 27.2 Å². The lowest BCUT2D eigenvalue weighted by atomic mass is 9.50. The van der Waals surface area contributed by atoms with Gasteiger partial charge in [-0.25, -0.2) is 9.59 Å². The Bertz CT molecular complexity index is 2740. The monoisotopic (exact) mass is 1410 g/mol. The van der Waals surface area contributed by atoms with Crippen molar-refractivity contribution >= 4 is 36.3 Å². The van der Waals surface area contributed by atoms with Crippen LogP contribution in [0.1, 0.15) is 117 Å². The van der Waals surface area contributed by atoms with E-state index in [-0.39, 0.29) is 66.5 Å². The molecule has 0 saturated heterocycles. The predicted octanol–water partition coefficient (Wildman–Crippen LogP) is 10.9. The lowest BCUT2D eigenvalue weighted by Crippen LogP contribution is -3.61. The van der Waals surface area contributed by atoms with E-state index in [1.807, 2.05) is 17.8 Å². The van der Waals surface area contributed by atoms with E-state index < -0.39 is 23.8 Å². The van der Waals surface area contributed by atoms with Crippen LogP contribution in [-0.4, -0.2) is 61.6 Å². The maximum Gasteiger partial charge on any atom is 0.376 e. The van der Waals surface area contributed by atoms with Crippen molar-refractivity contribution in [2.24, 2.45) is 70.0 Å². The SMILES string of the molecule is C1=CC2CC1CC2OCCSc1ccccc1[I+]c1ccccc1.C=COC1CC2C=CC1C2.CC(F)(F)C(=O)OCC12CC3CC(CC(C3)C1)C2.CC(F)(F)C(=O)OCC12CC3CC(CC(C3)C1)C2.Sc1ccccc1[I+]c1ccccc1. The summed E-state index contributed by atoms with van der Waals surface area (Å²) < 4.78 is 78.3. The number of ether oxygens (including phenoxy) is 4. The van der Waals surface area contributed by atoms with Crippen LogP contribution in [-0.2, 0) is 28.5 Å². The van der Waals surface area contributed by atoms with E-state index in [1.165, 1.54) is 83.4 Å². The molecule has 0 N–H and O–H groups in total. The standard InChI is InChI=1S/C21H22IOS.2C14H20F2O2.C12H9IS.C9H12O/c1-2-6-18(7-3-1)22-19-8-4-5-9-21(19)24-13-12-23-20-15-16-10-11-17(20)14-16;2*1-13(15,16)12(17)18-8-14-5-9-2-10(6-14)4-11(3-9)7-14;14-12-9-5-4-8-11(12)13-10-6-2-1-3-7-10;1-2-10-9-6-7-3-4-8(9)5-7/h1-11,16-17,20H,12-15H2;2*9-11H,2-8H2,1H3;1-9H;2-4,7-9H,1,5-6H2/q+1;;;;/p+1. The van der Waals surface area contributed by atoms with Crippen molar-refractivity contribution in [1.82, 2.24) is 0 Å². The Morgan fingerprint density at radius 1 is 0.560 bits per heavy atom. The van der Waals surface area contributed by atoms with Crippen molar-refractivity contribution < 1.29 is 88.5 Å². The first kappa shape index (κ1) is 63.7. The lowest BCUT2D eigenvalue weighted by Gasteiger charge is -2.56. The number of allylic oxidation sites excluding steroid dienone is 2. The summed E-state index contributed by atoms with van der Waals surface area (Å²) in [5.74, 6) is -0.940. The third-order valence-corrected chi connectivity index (χ3v) is 27.0. The van der Waals surface area contributed by atoms with Gasteiger partial charge in [-0.1, -0.05) is 91.5 Å². The second-order valence-corrected chi connectivity index (χ2v) is 33.6. The number of thiol groups is 1. The molecular formula is C70H84F4I2O6S2+2. The number of hydrogen-bond donors (Lipinski definition) is 1. The summed E-state index contributed by atoms with van der Waals surface area (Å²) in [4.78, 5) is 24.9. The number of esters is 2. The molecule has 0 amide bonds. The molecule has 16 rings (SSSR count). The number of alkyl halides is 4. The van der Waals surface area contributed by atoms with Crippen molar-refractivity contribution in [3.05, 3.63) is 161 Å². The fourth-order valence-electron chi connectivity index (χ4n) is 16.3. The molecular weight excluding hydrogens is 1330 g/mol. The number of halogens is 6. The minimum absolute atomic E-state index is 0.0235. The highest BCUT2D eigenvalue weighted by atomic mass is 127. The molecule has 0 radical (unpaired) electrons. The Hall–Kier alpha value is -3.32. The molecule has 12 aliphatic carbocycles. The molecule has 0 heterocycles. The summed E-state index contributed by atoms with van der Waals surface area (Å²) in [6, 6.07) is 38.7. The smallest absolute Gasteiger partial charge is 0.376 e. The molecule has 14 heteroatoms. The summed E-state index contributed by atoms with van der Waals surface area (Å²) in [5.41, 5.74) is 0.0469. The minimum atomic E-state index is -3.36. The zero-order valence-electron chi connectivity index (χ0n) is 48.6. The van der Waals surface area contributed by atoms with Gasteiger partial charge in [0.15, 0.2) is 7.14 Å². The van der Waals surface area contributed by atoms with Crippen LogP contribution < -0.4 is 42.4 Å². The van der Waals surface area contributed by atoms with E-state index in [4.69, 9.17) is 18.9 Å². The van der Waals surface area contributed by atoms with Gasteiger partial charge in [-0.3, -0.25) is 0 Å². The maximum absolute atomic E-state index is 12.8. The molecule has 6 nitrogen and oxygen atoms in total. The zero-order chi connectivity index (χ0) is 58.9. The third-order valence-electron chi connectivity index (χ3n) is 19.0. The van der Waals surface area contributed by atoms with E-state index >= 15 is 0 Å². The Morgan fingerprint density at radius 3 is 1.37 bits per heavy atom. The molecule has 0 aromatic heterocycles. The Balaban J connectivity index is 0.000000120. The molecule has 4 aromatic carbocycles. The molecule has 84 heavy (non-hydrogen) atoms. The average Bonchev–Trinajstić information content (AvgIpc) is 1.82. The highest BCUT2D eigenvalue weighted by Gasteiger charge is 2.53. The Morgan fingerprint density at radius 2 is 0.964 bits per heavy atom. The van der Waals surface area contributed by atoms with Crippen molar-refractivity contribution in [2.75, 3.05) is 25.6 Å². The molecule has 10 fully saturated rings. The van der Waals surface area contributed by atoms with E-state index in [0.717, 1.165) is 103 Å². The number of carbonyl (C=O) groups excluding carboxylic acids is 2.